The summed E-state index contributed by atoms with van der Waals surface area (Å²) in [6.45, 7) is 9.92. The van der Waals surface area contributed by atoms with Gasteiger partial charge in [0.15, 0.2) is 0 Å². The zero-order chi connectivity index (χ0) is 21.9. The Morgan fingerprint density at radius 3 is 2.63 bits per heavy atom. The molecule has 0 fully saturated rings. The Bertz CT molecular complexity index is 933. The van der Waals surface area contributed by atoms with Crippen molar-refractivity contribution < 1.29 is 23.8 Å². The number of fused-ring (bicyclic) bond motifs is 1. The molecule has 2 amide bonds. The Hall–Kier alpha value is -3.29. The molecule has 0 spiro atoms. The van der Waals surface area contributed by atoms with E-state index in [1.165, 1.54) is 6.20 Å². The molecule has 3 rings (SSSR count). The van der Waals surface area contributed by atoms with Crippen LogP contribution in [-0.4, -0.2) is 35.7 Å². The maximum Gasteiger partial charge on any atom is 0.408 e. The normalized spacial score (nSPS) is 14.3. The van der Waals surface area contributed by atoms with Gasteiger partial charge in [0.2, 0.25) is 11.8 Å². The van der Waals surface area contributed by atoms with Gasteiger partial charge in [-0.15, -0.1) is 0 Å². The van der Waals surface area contributed by atoms with E-state index in [0.29, 0.717) is 23.9 Å². The molecule has 160 valence electrons. The lowest BCUT2D eigenvalue weighted by atomic mass is 9.87. The van der Waals surface area contributed by atoms with Crippen molar-refractivity contribution in [3.8, 4) is 17.4 Å². The molecule has 0 unspecified atom stereocenters. The zero-order valence-corrected chi connectivity index (χ0v) is 17.9. The number of alkyl carbamates (subject to hydrolysis) is 1. The van der Waals surface area contributed by atoms with Crippen molar-refractivity contribution in [3.63, 3.8) is 0 Å². The van der Waals surface area contributed by atoms with Gasteiger partial charge < -0.3 is 24.8 Å². The largest absolute Gasteiger partial charge is 0.492 e. The van der Waals surface area contributed by atoms with Crippen LogP contribution in [0.25, 0.3) is 0 Å². The van der Waals surface area contributed by atoms with E-state index >= 15 is 0 Å². The Morgan fingerprint density at radius 1 is 1.20 bits per heavy atom. The van der Waals surface area contributed by atoms with Crippen LogP contribution < -0.4 is 20.1 Å². The number of nitrogens with zero attached hydrogens (tertiary/aromatic N) is 1. The number of aromatic nitrogens is 1. The van der Waals surface area contributed by atoms with Crippen molar-refractivity contribution in [1.29, 1.82) is 0 Å². The van der Waals surface area contributed by atoms with Crippen LogP contribution in [0.3, 0.4) is 0 Å². The highest BCUT2D eigenvalue weighted by atomic mass is 16.6. The van der Waals surface area contributed by atoms with Gasteiger partial charge in [0, 0.05) is 17.0 Å². The molecule has 2 aromatic rings. The molecule has 1 aliphatic rings. The Kier molecular flexibility index (Phi) is 5.87. The van der Waals surface area contributed by atoms with Crippen molar-refractivity contribution in [3.05, 3.63) is 42.1 Å². The SMILES string of the molecule is CC(C)(C)OC(=O)NCC(=O)Nc1ccc(Oc2ccc3c(c2)C(C)(C)CO3)nc1. The Balaban J connectivity index is 1.53. The minimum absolute atomic E-state index is 0.0659. The molecule has 0 saturated carbocycles. The van der Waals surface area contributed by atoms with Gasteiger partial charge in [0.05, 0.1) is 18.5 Å². The number of ether oxygens (including phenoxy) is 3. The van der Waals surface area contributed by atoms with Crippen molar-refractivity contribution >= 4 is 17.7 Å². The molecular weight excluding hydrogens is 386 g/mol. The maximum absolute atomic E-state index is 12.0. The van der Waals surface area contributed by atoms with Crippen LogP contribution >= 0.6 is 0 Å². The predicted octanol–water partition coefficient (Wildman–Crippen LogP) is 4.01. The smallest absolute Gasteiger partial charge is 0.408 e. The highest BCUT2D eigenvalue weighted by molar-refractivity contribution is 5.93. The molecule has 0 aliphatic carbocycles. The molecule has 8 nitrogen and oxygen atoms in total. The predicted molar refractivity (Wildman–Crippen MR) is 112 cm³/mol. The van der Waals surface area contributed by atoms with Crippen LogP contribution in [0.1, 0.15) is 40.2 Å². The molecule has 0 radical (unpaired) electrons. The van der Waals surface area contributed by atoms with E-state index in [0.717, 1.165) is 11.3 Å². The molecule has 0 atom stereocenters. The van der Waals surface area contributed by atoms with Crippen molar-refractivity contribution in [2.75, 3.05) is 18.5 Å². The van der Waals surface area contributed by atoms with Crippen LogP contribution in [0.15, 0.2) is 36.5 Å². The summed E-state index contributed by atoms with van der Waals surface area (Å²) in [6, 6.07) is 9.02. The van der Waals surface area contributed by atoms with Gasteiger partial charge in [0.1, 0.15) is 23.6 Å². The van der Waals surface area contributed by atoms with Gasteiger partial charge in [-0.3, -0.25) is 4.79 Å². The number of rotatable bonds is 5. The van der Waals surface area contributed by atoms with Crippen LogP contribution in [0.4, 0.5) is 10.5 Å². The number of nitrogens with one attached hydrogen (secondary N) is 2. The Labute approximate surface area is 175 Å². The summed E-state index contributed by atoms with van der Waals surface area (Å²) in [7, 11) is 0. The van der Waals surface area contributed by atoms with Gasteiger partial charge in [-0.2, -0.15) is 0 Å². The first kappa shape index (κ1) is 21.4. The van der Waals surface area contributed by atoms with Crippen molar-refractivity contribution in [2.24, 2.45) is 0 Å². The summed E-state index contributed by atoms with van der Waals surface area (Å²) in [4.78, 5) is 27.8. The zero-order valence-electron chi connectivity index (χ0n) is 17.9. The first-order valence-corrected chi connectivity index (χ1v) is 9.70. The van der Waals surface area contributed by atoms with Gasteiger partial charge in [-0.05, 0) is 45.0 Å². The number of carbonyl (C=O) groups is 2. The molecule has 30 heavy (non-hydrogen) atoms. The van der Waals surface area contributed by atoms with E-state index < -0.39 is 17.6 Å². The second kappa shape index (κ2) is 8.22. The van der Waals surface area contributed by atoms with Gasteiger partial charge in [-0.1, -0.05) is 13.8 Å². The lowest BCUT2D eigenvalue weighted by Crippen LogP contribution is -2.37. The third-order valence-electron chi connectivity index (χ3n) is 4.30. The lowest BCUT2D eigenvalue weighted by Gasteiger charge is -2.19. The molecule has 8 heteroatoms. The van der Waals surface area contributed by atoms with E-state index in [1.807, 2.05) is 18.2 Å². The maximum atomic E-state index is 12.0. The molecule has 2 N–H and O–H groups in total. The van der Waals surface area contributed by atoms with E-state index in [9.17, 15) is 9.59 Å². The number of pyridine rings is 1. The van der Waals surface area contributed by atoms with E-state index in [-0.39, 0.29) is 12.0 Å². The standard InChI is InChI=1S/C22H27N3O5/c1-21(2,3)30-20(27)24-12-18(26)25-14-6-9-19(23-11-14)29-15-7-8-17-16(10-15)22(4,5)13-28-17/h6-11H,12-13H2,1-5H3,(H,24,27)(H,25,26). The van der Waals surface area contributed by atoms with Crippen LogP contribution in [-0.2, 0) is 14.9 Å². The fraction of sp³-hybridized carbons (Fsp3) is 0.409. The fourth-order valence-corrected chi connectivity index (χ4v) is 2.87. The highest BCUT2D eigenvalue weighted by Crippen LogP contribution is 2.40. The van der Waals surface area contributed by atoms with Crippen LogP contribution in [0.2, 0.25) is 0 Å². The number of hydrogen-bond acceptors (Lipinski definition) is 6. The monoisotopic (exact) mass is 413 g/mol. The van der Waals surface area contributed by atoms with Crippen LogP contribution in [0.5, 0.6) is 17.4 Å². The van der Waals surface area contributed by atoms with E-state index in [4.69, 9.17) is 14.2 Å². The molecule has 1 aromatic carbocycles. The highest BCUT2D eigenvalue weighted by Gasteiger charge is 2.32. The summed E-state index contributed by atoms with van der Waals surface area (Å²) in [5.41, 5.74) is 0.897. The number of anilines is 1. The molecule has 0 bridgehead atoms. The summed E-state index contributed by atoms with van der Waals surface area (Å²) >= 11 is 0. The molecule has 1 aliphatic heterocycles. The molecule has 0 saturated heterocycles. The van der Waals surface area contributed by atoms with Crippen molar-refractivity contribution in [1.82, 2.24) is 10.3 Å². The summed E-state index contributed by atoms with van der Waals surface area (Å²) in [5, 5.41) is 5.05. The Morgan fingerprint density at radius 2 is 1.97 bits per heavy atom. The minimum atomic E-state index is -0.651. The van der Waals surface area contributed by atoms with Crippen molar-refractivity contribution in [2.45, 2.75) is 45.6 Å². The third-order valence-corrected chi connectivity index (χ3v) is 4.30. The lowest BCUT2D eigenvalue weighted by molar-refractivity contribution is -0.115. The van der Waals surface area contributed by atoms with E-state index in [1.54, 1.807) is 32.9 Å². The first-order chi connectivity index (χ1) is 14.0. The minimum Gasteiger partial charge on any atom is -0.492 e. The van der Waals surface area contributed by atoms with Gasteiger partial charge in [-0.25, -0.2) is 9.78 Å². The average Bonchev–Trinajstić information content (AvgIpc) is 2.95. The second-order valence-electron chi connectivity index (χ2n) is 8.72. The average molecular weight is 413 g/mol. The molecule has 1 aromatic heterocycles. The quantitative estimate of drug-likeness (QED) is 0.769. The van der Waals surface area contributed by atoms with Crippen LogP contribution in [0, 0.1) is 0 Å². The number of amides is 2. The second-order valence-corrected chi connectivity index (χ2v) is 8.72. The molecular formula is C22H27N3O5. The number of carbonyl (C=O) groups excluding carboxylic acids is 2. The third kappa shape index (κ3) is 5.62. The first-order valence-electron chi connectivity index (χ1n) is 9.70. The summed E-state index contributed by atoms with van der Waals surface area (Å²) < 4.78 is 16.6. The number of hydrogen-bond donors (Lipinski definition) is 2. The van der Waals surface area contributed by atoms with Gasteiger partial charge in [0.25, 0.3) is 0 Å². The summed E-state index contributed by atoms with van der Waals surface area (Å²) in [6.07, 6.45) is 0.837. The molecule has 2 heterocycles. The number of benzene rings is 1. The summed E-state index contributed by atoms with van der Waals surface area (Å²) in [5.74, 6) is 1.55. The fourth-order valence-electron chi connectivity index (χ4n) is 2.87. The van der Waals surface area contributed by atoms with E-state index in [2.05, 4.69) is 29.5 Å². The van der Waals surface area contributed by atoms with Gasteiger partial charge >= 0.3 is 6.09 Å². The topological polar surface area (TPSA) is 98.8 Å².